The first-order valence-electron chi connectivity index (χ1n) is 11.9. The SMILES string of the molecule is CCC(C)C(NC(=O)C(N)CCC(=O)O)C(=O)NC(CC(N)=O)C(=O)NC(Cc1ccc(O)cc1)C(=O)O. The van der Waals surface area contributed by atoms with Gasteiger partial charge < -0.3 is 42.7 Å². The fourth-order valence-corrected chi connectivity index (χ4v) is 3.38. The van der Waals surface area contributed by atoms with E-state index in [0.717, 1.165) is 0 Å². The van der Waals surface area contributed by atoms with Crippen LogP contribution >= 0.6 is 0 Å². The van der Waals surface area contributed by atoms with Gasteiger partial charge in [0.15, 0.2) is 0 Å². The van der Waals surface area contributed by atoms with Crippen molar-refractivity contribution in [2.75, 3.05) is 0 Å². The third kappa shape index (κ3) is 10.8. The van der Waals surface area contributed by atoms with Crippen LogP contribution < -0.4 is 27.4 Å². The van der Waals surface area contributed by atoms with Crippen LogP contribution in [0.1, 0.15) is 45.1 Å². The third-order valence-electron chi connectivity index (χ3n) is 5.83. The van der Waals surface area contributed by atoms with E-state index in [1.807, 2.05) is 0 Å². The summed E-state index contributed by atoms with van der Waals surface area (Å²) in [5.74, 6) is -6.56. The first-order valence-corrected chi connectivity index (χ1v) is 11.9. The largest absolute Gasteiger partial charge is 0.508 e. The maximum absolute atomic E-state index is 13.1. The van der Waals surface area contributed by atoms with Crippen LogP contribution in [0.25, 0.3) is 0 Å². The molecule has 0 heterocycles. The molecule has 1 aromatic carbocycles. The molecule has 0 saturated heterocycles. The lowest BCUT2D eigenvalue weighted by Gasteiger charge is -2.27. The van der Waals surface area contributed by atoms with E-state index in [4.69, 9.17) is 16.6 Å². The van der Waals surface area contributed by atoms with Crippen molar-refractivity contribution < 1.29 is 44.1 Å². The number of carboxylic acid groups (broad SMARTS) is 2. The quantitative estimate of drug-likeness (QED) is 0.122. The molecular formula is C24H35N5O9. The Bertz CT molecular complexity index is 1020. The topological polar surface area (TPSA) is 251 Å². The lowest BCUT2D eigenvalue weighted by molar-refractivity contribution is -0.142. The fourth-order valence-electron chi connectivity index (χ4n) is 3.38. The second-order valence-electron chi connectivity index (χ2n) is 8.91. The van der Waals surface area contributed by atoms with Gasteiger partial charge in [-0.15, -0.1) is 0 Å². The van der Waals surface area contributed by atoms with Gasteiger partial charge in [-0.25, -0.2) is 4.79 Å². The highest BCUT2D eigenvalue weighted by atomic mass is 16.4. The second-order valence-corrected chi connectivity index (χ2v) is 8.91. The molecule has 4 amide bonds. The lowest BCUT2D eigenvalue weighted by Crippen LogP contribution is -2.59. The monoisotopic (exact) mass is 537 g/mol. The van der Waals surface area contributed by atoms with Crippen molar-refractivity contribution in [2.24, 2.45) is 17.4 Å². The van der Waals surface area contributed by atoms with Crippen LogP contribution in [-0.4, -0.2) is 75.1 Å². The number of hydrogen-bond donors (Lipinski definition) is 8. The number of primary amides is 1. The Hall–Kier alpha value is -4.20. The molecule has 5 atom stereocenters. The Labute approximate surface area is 219 Å². The van der Waals surface area contributed by atoms with E-state index in [0.29, 0.717) is 12.0 Å². The zero-order valence-corrected chi connectivity index (χ0v) is 21.2. The van der Waals surface area contributed by atoms with Gasteiger partial charge in [0.1, 0.15) is 23.9 Å². The fraction of sp³-hybridized carbons (Fsp3) is 0.500. The van der Waals surface area contributed by atoms with Crippen LogP contribution in [-0.2, 0) is 35.2 Å². The van der Waals surface area contributed by atoms with Crippen molar-refractivity contribution in [2.45, 2.75) is 70.1 Å². The number of rotatable bonds is 16. The molecule has 14 nitrogen and oxygen atoms in total. The molecular weight excluding hydrogens is 502 g/mol. The van der Waals surface area contributed by atoms with Crippen LogP contribution in [0.3, 0.4) is 0 Å². The molecule has 0 bridgehead atoms. The molecule has 0 aliphatic heterocycles. The molecule has 210 valence electrons. The minimum absolute atomic E-state index is 0.0281. The minimum Gasteiger partial charge on any atom is -0.508 e. The first-order chi connectivity index (χ1) is 17.7. The normalized spacial score (nSPS) is 14.7. The number of nitrogens with two attached hydrogens (primary N) is 2. The number of aromatic hydroxyl groups is 1. The molecule has 0 aliphatic carbocycles. The summed E-state index contributed by atoms with van der Waals surface area (Å²) >= 11 is 0. The van der Waals surface area contributed by atoms with E-state index in [-0.39, 0.29) is 25.0 Å². The molecule has 0 aliphatic rings. The molecule has 5 unspecified atom stereocenters. The van der Waals surface area contributed by atoms with Crippen LogP contribution in [0.2, 0.25) is 0 Å². The summed E-state index contributed by atoms with van der Waals surface area (Å²) in [4.78, 5) is 72.6. The highest BCUT2D eigenvalue weighted by molar-refractivity contribution is 5.96. The highest BCUT2D eigenvalue weighted by Gasteiger charge is 2.33. The highest BCUT2D eigenvalue weighted by Crippen LogP contribution is 2.13. The number of nitrogens with one attached hydrogen (secondary N) is 3. The number of hydrogen-bond acceptors (Lipinski definition) is 8. The number of phenols is 1. The van der Waals surface area contributed by atoms with Gasteiger partial charge in [0, 0.05) is 12.8 Å². The van der Waals surface area contributed by atoms with E-state index in [9.17, 15) is 39.0 Å². The van der Waals surface area contributed by atoms with Gasteiger partial charge in [-0.3, -0.25) is 24.0 Å². The summed E-state index contributed by atoms with van der Waals surface area (Å²) in [6, 6.07) is 0.265. The smallest absolute Gasteiger partial charge is 0.326 e. The number of carboxylic acids is 2. The Morgan fingerprint density at radius 1 is 0.895 bits per heavy atom. The number of carbonyl (C=O) groups excluding carboxylic acids is 4. The average Bonchev–Trinajstić information content (AvgIpc) is 2.84. The molecule has 10 N–H and O–H groups in total. The van der Waals surface area contributed by atoms with E-state index >= 15 is 0 Å². The Kier molecular flexibility index (Phi) is 12.7. The van der Waals surface area contributed by atoms with Gasteiger partial charge in [-0.2, -0.15) is 0 Å². The zero-order valence-electron chi connectivity index (χ0n) is 21.2. The van der Waals surface area contributed by atoms with Crippen molar-refractivity contribution in [3.63, 3.8) is 0 Å². The van der Waals surface area contributed by atoms with Gasteiger partial charge in [-0.05, 0) is 30.0 Å². The number of phenolic OH excluding ortho intramolecular Hbond substituents is 1. The standard InChI is InChI=1S/C24H35N5O9/c1-3-12(2)20(29-21(34)15(25)8-9-19(32)33)23(36)27-16(11-18(26)31)22(35)28-17(24(37)38)10-13-4-6-14(30)7-5-13/h4-7,12,15-17,20,30H,3,8-11,25H2,1-2H3,(H2,26,31)(H,27,36)(H,28,35)(H,29,34)(H,32,33)(H,37,38). The van der Waals surface area contributed by atoms with Gasteiger partial charge in [0.05, 0.1) is 12.5 Å². The van der Waals surface area contributed by atoms with Crippen LogP contribution in [0.15, 0.2) is 24.3 Å². The summed E-state index contributed by atoms with van der Waals surface area (Å²) in [5, 5.41) is 34.8. The second kappa shape index (κ2) is 15.1. The lowest BCUT2D eigenvalue weighted by atomic mass is 9.97. The van der Waals surface area contributed by atoms with E-state index in [1.165, 1.54) is 24.3 Å². The number of amides is 4. The van der Waals surface area contributed by atoms with Crippen molar-refractivity contribution >= 4 is 35.6 Å². The molecule has 38 heavy (non-hydrogen) atoms. The van der Waals surface area contributed by atoms with Crippen LogP contribution in [0.5, 0.6) is 5.75 Å². The van der Waals surface area contributed by atoms with Crippen LogP contribution in [0, 0.1) is 5.92 Å². The van der Waals surface area contributed by atoms with Crippen LogP contribution in [0.4, 0.5) is 0 Å². The van der Waals surface area contributed by atoms with Crippen molar-refractivity contribution in [3.8, 4) is 5.75 Å². The summed E-state index contributed by atoms with van der Waals surface area (Å²) in [7, 11) is 0. The molecule has 14 heteroatoms. The summed E-state index contributed by atoms with van der Waals surface area (Å²) < 4.78 is 0. The molecule has 0 radical (unpaired) electrons. The van der Waals surface area contributed by atoms with Gasteiger partial charge in [0.25, 0.3) is 0 Å². The third-order valence-corrected chi connectivity index (χ3v) is 5.83. The zero-order chi connectivity index (χ0) is 29.0. The minimum atomic E-state index is -1.55. The van der Waals surface area contributed by atoms with Crippen molar-refractivity contribution in [3.05, 3.63) is 29.8 Å². The molecule has 0 spiro atoms. The molecule has 1 aromatic rings. The number of benzene rings is 1. The summed E-state index contributed by atoms with van der Waals surface area (Å²) in [6.07, 6.45) is -0.908. The van der Waals surface area contributed by atoms with Gasteiger partial charge in [0.2, 0.25) is 23.6 Å². The first kappa shape index (κ1) is 31.8. The predicted octanol–water partition coefficient (Wildman–Crippen LogP) is -1.41. The number of carbonyl (C=O) groups is 6. The van der Waals surface area contributed by atoms with E-state index < -0.39 is 72.1 Å². The maximum Gasteiger partial charge on any atom is 0.326 e. The Balaban J connectivity index is 3.03. The Morgan fingerprint density at radius 3 is 1.97 bits per heavy atom. The van der Waals surface area contributed by atoms with Gasteiger partial charge >= 0.3 is 11.9 Å². The maximum atomic E-state index is 13.1. The van der Waals surface area contributed by atoms with E-state index in [1.54, 1.807) is 13.8 Å². The Morgan fingerprint density at radius 2 is 1.47 bits per heavy atom. The summed E-state index contributed by atoms with van der Waals surface area (Å²) in [5.41, 5.74) is 11.4. The van der Waals surface area contributed by atoms with Crippen molar-refractivity contribution in [1.29, 1.82) is 0 Å². The molecule has 1 rings (SSSR count). The summed E-state index contributed by atoms with van der Waals surface area (Å²) in [6.45, 7) is 3.39. The van der Waals surface area contributed by atoms with Crippen molar-refractivity contribution in [1.82, 2.24) is 16.0 Å². The van der Waals surface area contributed by atoms with E-state index in [2.05, 4.69) is 16.0 Å². The molecule has 0 saturated carbocycles. The average molecular weight is 538 g/mol. The van der Waals surface area contributed by atoms with Gasteiger partial charge in [-0.1, -0.05) is 32.4 Å². The predicted molar refractivity (Wildman–Crippen MR) is 133 cm³/mol. The number of aliphatic carboxylic acids is 2. The molecule has 0 fully saturated rings. The molecule has 0 aromatic heterocycles.